The normalized spacial score (nSPS) is 26.5. The summed E-state index contributed by atoms with van der Waals surface area (Å²) in [6.45, 7) is 5.78. The van der Waals surface area contributed by atoms with Crippen molar-refractivity contribution in [3.05, 3.63) is 0 Å². The zero-order valence-electron chi connectivity index (χ0n) is 9.34. The Morgan fingerprint density at radius 1 is 1.44 bits per heavy atom. The maximum Gasteiger partial charge on any atom is 0.267 e. The molecule has 96 valence electrons. The lowest BCUT2D eigenvalue weighted by Crippen LogP contribution is -2.34. The second-order valence-electron chi connectivity index (χ2n) is 4.70. The first-order valence-electron chi connectivity index (χ1n) is 4.97. The molecular formula is C9H15Br3O3S. The molecule has 3 nitrogen and oxygen atoms in total. The van der Waals surface area contributed by atoms with Gasteiger partial charge in [0.05, 0.1) is 5.75 Å². The minimum Gasteiger partial charge on any atom is -0.263 e. The number of alkyl halides is 3. The van der Waals surface area contributed by atoms with E-state index in [0.717, 1.165) is 6.42 Å². The van der Waals surface area contributed by atoms with Gasteiger partial charge in [0.15, 0.2) is 2.14 Å². The summed E-state index contributed by atoms with van der Waals surface area (Å²) in [7, 11) is -3.45. The third-order valence-corrected chi connectivity index (χ3v) is 5.44. The van der Waals surface area contributed by atoms with Crippen LogP contribution in [0.2, 0.25) is 0 Å². The molecule has 16 heavy (non-hydrogen) atoms. The molecule has 1 rings (SSSR count). The highest BCUT2D eigenvalue weighted by atomic mass is 80.0. The van der Waals surface area contributed by atoms with Crippen molar-refractivity contribution in [2.24, 2.45) is 11.3 Å². The molecular weight excluding hydrogens is 428 g/mol. The Morgan fingerprint density at radius 2 is 1.88 bits per heavy atom. The van der Waals surface area contributed by atoms with Crippen LogP contribution in [0.15, 0.2) is 0 Å². The van der Waals surface area contributed by atoms with Crippen molar-refractivity contribution in [1.82, 2.24) is 0 Å². The van der Waals surface area contributed by atoms with Gasteiger partial charge in [-0.15, -0.1) is 0 Å². The second-order valence-corrected chi connectivity index (χ2v) is 13.5. The van der Waals surface area contributed by atoms with Gasteiger partial charge in [-0.05, 0) is 24.7 Å². The van der Waals surface area contributed by atoms with E-state index in [1.807, 2.05) is 0 Å². The van der Waals surface area contributed by atoms with E-state index in [2.05, 4.69) is 61.6 Å². The van der Waals surface area contributed by atoms with Crippen LogP contribution < -0.4 is 0 Å². The lowest BCUT2D eigenvalue weighted by atomic mass is 10.1. The fraction of sp³-hybridized carbons (Fsp3) is 1.00. The molecule has 0 aromatic carbocycles. The number of hydrogen-bond acceptors (Lipinski definition) is 3. The third-order valence-electron chi connectivity index (χ3n) is 2.88. The van der Waals surface area contributed by atoms with Gasteiger partial charge in [0.2, 0.25) is 0 Å². The predicted octanol–water partition coefficient (Wildman–Crippen LogP) is 3.61. The van der Waals surface area contributed by atoms with E-state index >= 15 is 0 Å². The average molecular weight is 443 g/mol. The molecule has 0 N–H and O–H groups in total. The molecule has 0 amide bonds. The molecule has 0 bridgehead atoms. The zero-order chi connectivity index (χ0) is 12.8. The smallest absolute Gasteiger partial charge is 0.263 e. The van der Waals surface area contributed by atoms with Crippen LogP contribution in [-0.4, -0.2) is 22.4 Å². The molecule has 1 saturated carbocycles. The molecule has 7 heteroatoms. The molecule has 1 aliphatic carbocycles. The van der Waals surface area contributed by atoms with Crippen LogP contribution in [0.4, 0.5) is 0 Å². The largest absolute Gasteiger partial charge is 0.267 e. The fourth-order valence-electron chi connectivity index (χ4n) is 1.60. The van der Waals surface area contributed by atoms with E-state index in [1.165, 1.54) is 0 Å². The highest BCUT2D eigenvalue weighted by Gasteiger charge is 2.57. The van der Waals surface area contributed by atoms with E-state index in [-0.39, 0.29) is 17.1 Å². The van der Waals surface area contributed by atoms with Crippen LogP contribution in [0.1, 0.15) is 27.2 Å². The summed E-state index contributed by atoms with van der Waals surface area (Å²) in [4.78, 5) is 0. The standard InChI is InChI=1S/C9H15Br3O3S/c1-4-16(13,14)15-7(9(10,11)12)6-5-8(6,2)3/h6-7H,4-5H2,1-3H3. The number of halogens is 3. The average Bonchev–Trinajstić information content (AvgIpc) is 2.69. The maximum atomic E-state index is 11.5. The second kappa shape index (κ2) is 4.79. The Morgan fingerprint density at radius 3 is 2.12 bits per heavy atom. The van der Waals surface area contributed by atoms with E-state index in [1.54, 1.807) is 6.92 Å². The molecule has 0 spiro atoms. The van der Waals surface area contributed by atoms with Crippen LogP contribution in [-0.2, 0) is 14.3 Å². The van der Waals surface area contributed by atoms with Crippen LogP contribution in [0.25, 0.3) is 0 Å². The minimum atomic E-state index is -3.45. The van der Waals surface area contributed by atoms with Crippen molar-refractivity contribution in [2.45, 2.75) is 35.4 Å². The highest BCUT2D eigenvalue weighted by Crippen LogP contribution is 2.60. The topological polar surface area (TPSA) is 43.4 Å². The molecule has 0 heterocycles. The third kappa shape index (κ3) is 3.93. The van der Waals surface area contributed by atoms with E-state index in [9.17, 15) is 8.42 Å². The predicted molar refractivity (Wildman–Crippen MR) is 75.7 cm³/mol. The maximum absolute atomic E-state index is 11.5. The molecule has 1 fully saturated rings. The summed E-state index contributed by atoms with van der Waals surface area (Å²) in [5.41, 5.74) is 0.133. The van der Waals surface area contributed by atoms with Gasteiger partial charge >= 0.3 is 0 Å². The van der Waals surface area contributed by atoms with Gasteiger partial charge in [-0.2, -0.15) is 8.42 Å². The first-order valence-corrected chi connectivity index (χ1v) is 8.93. The Kier molecular flexibility index (Phi) is 4.62. The summed E-state index contributed by atoms with van der Waals surface area (Å²) in [5, 5.41) is 0. The summed E-state index contributed by atoms with van der Waals surface area (Å²) >= 11 is 10.1. The van der Waals surface area contributed by atoms with Crippen LogP contribution in [0.5, 0.6) is 0 Å². The molecule has 2 atom stereocenters. The summed E-state index contributed by atoms with van der Waals surface area (Å²) < 4.78 is 27.6. The lowest BCUT2D eigenvalue weighted by molar-refractivity contribution is 0.184. The molecule has 0 radical (unpaired) electrons. The van der Waals surface area contributed by atoms with Crippen LogP contribution in [0, 0.1) is 11.3 Å². The summed E-state index contributed by atoms with van der Waals surface area (Å²) in [6, 6.07) is 0. The molecule has 0 aliphatic heterocycles. The Hall–Kier alpha value is 1.35. The Bertz CT molecular complexity index is 359. The zero-order valence-corrected chi connectivity index (χ0v) is 14.9. The van der Waals surface area contributed by atoms with Crippen LogP contribution >= 0.6 is 47.8 Å². The van der Waals surface area contributed by atoms with Crippen molar-refractivity contribution in [3.8, 4) is 0 Å². The molecule has 0 aromatic heterocycles. The molecule has 0 saturated heterocycles. The minimum absolute atomic E-state index is 0.0142. The fourth-order valence-corrected chi connectivity index (χ4v) is 3.94. The summed E-state index contributed by atoms with van der Waals surface area (Å²) in [5.74, 6) is 0.201. The summed E-state index contributed by atoms with van der Waals surface area (Å²) in [6.07, 6.45) is 0.508. The van der Waals surface area contributed by atoms with Crippen molar-refractivity contribution >= 4 is 57.9 Å². The van der Waals surface area contributed by atoms with E-state index < -0.39 is 18.4 Å². The quantitative estimate of drug-likeness (QED) is 0.493. The van der Waals surface area contributed by atoms with Gasteiger partial charge in [0.1, 0.15) is 6.10 Å². The number of hydrogen-bond donors (Lipinski definition) is 0. The monoisotopic (exact) mass is 440 g/mol. The van der Waals surface area contributed by atoms with Gasteiger partial charge in [-0.3, -0.25) is 4.18 Å². The highest BCUT2D eigenvalue weighted by molar-refractivity contribution is 9.39. The van der Waals surface area contributed by atoms with E-state index in [0.29, 0.717) is 0 Å². The Balaban J connectivity index is 2.84. The van der Waals surface area contributed by atoms with Crippen molar-refractivity contribution in [3.63, 3.8) is 0 Å². The van der Waals surface area contributed by atoms with Gasteiger partial charge in [0, 0.05) is 0 Å². The van der Waals surface area contributed by atoms with Gasteiger partial charge < -0.3 is 0 Å². The SMILES string of the molecule is CCS(=O)(=O)OC(C1CC1(C)C)C(Br)(Br)Br. The van der Waals surface area contributed by atoms with Crippen LogP contribution in [0.3, 0.4) is 0 Å². The van der Waals surface area contributed by atoms with Gasteiger partial charge in [0.25, 0.3) is 10.1 Å². The van der Waals surface area contributed by atoms with Gasteiger partial charge in [-0.25, -0.2) is 0 Å². The number of rotatable bonds is 4. The first-order chi connectivity index (χ1) is 6.99. The Labute approximate surface area is 122 Å². The van der Waals surface area contributed by atoms with Crippen molar-refractivity contribution in [2.75, 3.05) is 5.75 Å². The lowest BCUT2D eigenvalue weighted by Gasteiger charge is -2.26. The van der Waals surface area contributed by atoms with Gasteiger partial charge in [-0.1, -0.05) is 61.6 Å². The van der Waals surface area contributed by atoms with E-state index in [4.69, 9.17) is 4.18 Å². The van der Waals surface area contributed by atoms with Crippen molar-refractivity contribution < 1.29 is 12.6 Å². The first kappa shape index (κ1) is 15.4. The molecule has 1 aliphatic rings. The molecule has 0 aromatic rings. The van der Waals surface area contributed by atoms with Crippen molar-refractivity contribution in [1.29, 1.82) is 0 Å². The molecule has 2 unspecified atom stereocenters.